The summed E-state index contributed by atoms with van der Waals surface area (Å²) in [6.45, 7) is 1.28. The lowest BCUT2D eigenvalue weighted by atomic mass is 10.1. The van der Waals surface area contributed by atoms with Gasteiger partial charge in [-0.05, 0) is 37.3 Å². The summed E-state index contributed by atoms with van der Waals surface area (Å²) < 4.78 is 15.9. The number of nitrogens with zero attached hydrogens (tertiary/aromatic N) is 1. The number of hydrogen-bond donors (Lipinski definition) is 1. The number of methoxy groups -OCH3 is 3. The standard InChI is InChI=1S/C20H20N2O6/c1-11(23)12-5-6-15-14(7-12)21-18(24)10-22(15)20(25)13-8-16(26-2)19(28-4)17(9-13)27-3/h5-9H,10H2,1-4H3,(H,21,24). The van der Waals surface area contributed by atoms with E-state index in [9.17, 15) is 14.4 Å². The molecule has 0 radical (unpaired) electrons. The van der Waals surface area contributed by atoms with Crippen molar-refractivity contribution in [3.05, 3.63) is 41.5 Å². The molecule has 3 rings (SSSR count). The first-order valence-electron chi connectivity index (χ1n) is 8.46. The smallest absolute Gasteiger partial charge is 0.259 e. The molecule has 1 N–H and O–H groups in total. The zero-order valence-electron chi connectivity index (χ0n) is 16.0. The predicted molar refractivity (Wildman–Crippen MR) is 103 cm³/mol. The van der Waals surface area contributed by atoms with Crippen molar-refractivity contribution in [2.24, 2.45) is 0 Å². The molecule has 0 saturated heterocycles. The molecule has 1 aliphatic heterocycles. The first-order chi connectivity index (χ1) is 13.4. The van der Waals surface area contributed by atoms with Crippen molar-refractivity contribution >= 4 is 29.0 Å². The van der Waals surface area contributed by atoms with Crippen molar-refractivity contribution in [3.8, 4) is 17.2 Å². The lowest BCUT2D eigenvalue weighted by Gasteiger charge is -2.29. The molecule has 146 valence electrons. The van der Waals surface area contributed by atoms with E-state index in [-0.39, 0.29) is 23.8 Å². The molecule has 2 aromatic carbocycles. The summed E-state index contributed by atoms with van der Waals surface area (Å²) in [5, 5.41) is 2.70. The molecule has 8 nitrogen and oxygen atoms in total. The van der Waals surface area contributed by atoms with Gasteiger partial charge < -0.3 is 19.5 Å². The Kier molecular flexibility index (Phi) is 5.21. The summed E-state index contributed by atoms with van der Waals surface area (Å²) in [5.74, 6) is 0.132. The third kappa shape index (κ3) is 3.36. The average Bonchev–Trinajstić information content (AvgIpc) is 2.70. The Hall–Kier alpha value is -3.55. The molecule has 1 aliphatic rings. The van der Waals surface area contributed by atoms with Gasteiger partial charge in [0.1, 0.15) is 6.54 Å². The van der Waals surface area contributed by atoms with Gasteiger partial charge in [0.25, 0.3) is 5.91 Å². The van der Waals surface area contributed by atoms with Crippen LogP contribution in [0.1, 0.15) is 27.6 Å². The predicted octanol–water partition coefficient (Wildman–Crippen LogP) is 2.51. The highest BCUT2D eigenvalue weighted by atomic mass is 16.5. The second-order valence-electron chi connectivity index (χ2n) is 6.14. The number of nitrogens with one attached hydrogen (secondary N) is 1. The summed E-state index contributed by atoms with van der Waals surface area (Å²) in [6.07, 6.45) is 0. The van der Waals surface area contributed by atoms with Crippen LogP contribution in [0.5, 0.6) is 17.2 Å². The summed E-state index contributed by atoms with van der Waals surface area (Å²) >= 11 is 0. The van der Waals surface area contributed by atoms with Crippen LogP contribution in [0, 0.1) is 0 Å². The number of fused-ring (bicyclic) bond motifs is 1. The van der Waals surface area contributed by atoms with E-state index in [4.69, 9.17) is 14.2 Å². The van der Waals surface area contributed by atoms with Crippen molar-refractivity contribution in [2.45, 2.75) is 6.92 Å². The highest BCUT2D eigenvalue weighted by molar-refractivity contribution is 6.16. The maximum Gasteiger partial charge on any atom is 0.259 e. The fourth-order valence-corrected chi connectivity index (χ4v) is 3.05. The Morgan fingerprint density at radius 2 is 1.61 bits per heavy atom. The molecule has 2 amide bonds. The van der Waals surface area contributed by atoms with Gasteiger partial charge in [0.05, 0.1) is 32.7 Å². The molecule has 0 bridgehead atoms. The number of hydrogen-bond acceptors (Lipinski definition) is 6. The molecule has 1 heterocycles. The Balaban J connectivity index is 2.06. The van der Waals surface area contributed by atoms with Gasteiger partial charge in [-0.3, -0.25) is 19.3 Å². The van der Waals surface area contributed by atoms with E-state index >= 15 is 0 Å². The van der Waals surface area contributed by atoms with Crippen LogP contribution in [0.4, 0.5) is 11.4 Å². The third-order valence-electron chi connectivity index (χ3n) is 4.43. The molecule has 0 aliphatic carbocycles. The lowest BCUT2D eigenvalue weighted by molar-refractivity contribution is -0.115. The van der Waals surface area contributed by atoms with E-state index in [1.807, 2.05) is 0 Å². The van der Waals surface area contributed by atoms with E-state index in [1.165, 1.54) is 45.3 Å². The summed E-state index contributed by atoms with van der Waals surface area (Å²) in [6, 6.07) is 7.87. The van der Waals surface area contributed by atoms with E-state index in [0.29, 0.717) is 34.2 Å². The Morgan fingerprint density at radius 1 is 0.964 bits per heavy atom. The molecule has 28 heavy (non-hydrogen) atoms. The van der Waals surface area contributed by atoms with E-state index in [0.717, 1.165) is 0 Å². The van der Waals surface area contributed by atoms with Gasteiger partial charge >= 0.3 is 0 Å². The maximum atomic E-state index is 13.2. The number of benzene rings is 2. The highest BCUT2D eigenvalue weighted by Gasteiger charge is 2.29. The van der Waals surface area contributed by atoms with E-state index in [2.05, 4.69) is 5.32 Å². The Labute approximate surface area is 162 Å². The lowest BCUT2D eigenvalue weighted by Crippen LogP contribution is -2.42. The second kappa shape index (κ2) is 7.59. The number of carbonyl (C=O) groups is 3. The summed E-state index contributed by atoms with van der Waals surface area (Å²) in [5.41, 5.74) is 1.63. The molecule has 0 atom stereocenters. The van der Waals surface area contributed by atoms with Crippen LogP contribution >= 0.6 is 0 Å². The number of amides is 2. The molecule has 0 unspecified atom stereocenters. The fourth-order valence-electron chi connectivity index (χ4n) is 3.05. The molecule has 8 heteroatoms. The minimum Gasteiger partial charge on any atom is -0.493 e. The van der Waals surface area contributed by atoms with Crippen molar-refractivity contribution in [1.29, 1.82) is 0 Å². The minimum absolute atomic E-state index is 0.134. The summed E-state index contributed by atoms with van der Waals surface area (Å²) in [4.78, 5) is 38.3. The van der Waals surface area contributed by atoms with Crippen molar-refractivity contribution < 1.29 is 28.6 Å². The van der Waals surface area contributed by atoms with Crippen LogP contribution in [0.2, 0.25) is 0 Å². The average molecular weight is 384 g/mol. The van der Waals surface area contributed by atoms with Crippen LogP contribution in [0.25, 0.3) is 0 Å². The molecule has 2 aromatic rings. The number of Topliss-reactive ketones (excluding diaryl/α,β-unsaturated/α-hetero) is 1. The molecule has 0 aromatic heterocycles. The van der Waals surface area contributed by atoms with Crippen LogP contribution in [0.3, 0.4) is 0 Å². The molecule has 0 fully saturated rings. The monoisotopic (exact) mass is 384 g/mol. The van der Waals surface area contributed by atoms with Gasteiger partial charge in [-0.15, -0.1) is 0 Å². The molecule has 0 spiro atoms. The van der Waals surface area contributed by atoms with Gasteiger partial charge in [0.2, 0.25) is 11.7 Å². The first-order valence-corrected chi connectivity index (χ1v) is 8.46. The number of carbonyl (C=O) groups excluding carboxylic acids is 3. The quantitative estimate of drug-likeness (QED) is 0.796. The van der Waals surface area contributed by atoms with E-state index in [1.54, 1.807) is 18.2 Å². The second-order valence-corrected chi connectivity index (χ2v) is 6.14. The van der Waals surface area contributed by atoms with Crippen molar-refractivity contribution in [3.63, 3.8) is 0 Å². The number of anilines is 2. The normalized spacial score (nSPS) is 12.7. The zero-order valence-corrected chi connectivity index (χ0v) is 16.0. The van der Waals surface area contributed by atoms with Crippen LogP contribution < -0.4 is 24.4 Å². The van der Waals surface area contributed by atoms with Gasteiger partial charge in [-0.25, -0.2) is 0 Å². The van der Waals surface area contributed by atoms with Gasteiger partial charge in [-0.2, -0.15) is 0 Å². The van der Waals surface area contributed by atoms with Gasteiger partial charge in [-0.1, -0.05) is 0 Å². The number of rotatable bonds is 5. The Morgan fingerprint density at radius 3 is 2.14 bits per heavy atom. The van der Waals surface area contributed by atoms with Gasteiger partial charge in [0.15, 0.2) is 17.3 Å². The summed E-state index contributed by atoms with van der Waals surface area (Å²) in [7, 11) is 4.39. The third-order valence-corrected chi connectivity index (χ3v) is 4.43. The number of ketones is 1. The molecule has 0 saturated carbocycles. The SMILES string of the molecule is COc1cc(C(=O)N2CC(=O)Nc3cc(C(C)=O)ccc32)cc(OC)c1OC. The number of ether oxygens (including phenoxy) is 3. The van der Waals surface area contributed by atoms with E-state index < -0.39 is 5.91 Å². The van der Waals surface area contributed by atoms with Crippen molar-refractivity contribution in [1.82, 2.24) is 0 Å². The topological polar surface area (TPSA) is 94.2 Å². The van der Waals surface area contributed by atoms with Gasteiger partial charge in [0, 0.05) is 11.1 Å². The minimum atomic E-state index is -0.411. The molecular weight excluding hydrogens is 364 g/mol. The van der Waals surface area contributed by atoms with Crippen LogP contribution in [0.15, 0.2) is 30.3 Å². The van der Waals surface area contributed by atoms with Crippen LogP contribution in [-0.2, 0) is 4.79 Å². The zero-order chi connectivity index (χ0) is 20.4. The largest absolute Gasteiger partial charge is 0.493 e. The highest BCUT2D eigenvalue weighted by Crippen LogP contribution is 2.39. The fraction of sp³-hybridized carbons (Fsp3) is 0.250. The first kappa shape index (κ1) is 19.2. The molecular formula is C20H20N2O6. The maximum absolute atomic E-state index is 13.2. The Bertz CT molecular complexity index is 944. The van der Waals surface area contributed by atoms with Crippen molar-refractivity contribution in [2.75, 3.05) is 38.1 Å². The van der Waals surface area contributed by atoms with Crippen LogP contribution in [-0.4, -0.2) is 45.5 Å².